The van der Waals surface area contributed by atoms with Gasteiger partial charge in [-0.3, -0.25) is 0 Å². The average Bonchev–Trinajstić information content (AvgIpc) is 3.19. The van der Waals surface area contributed by atoms with Crippen LogP contribution in [-0.4, -0.2) is 9.97 Å². The lowest BCUT2D eigenvalue weighted by Gasteiger charge is -2.05. The van der Waals surface area contributed by atoms with Crippen molar-refractivity contribution < 1.29 is 0 Å². The van der Waals surface area contributed by atoms with E-state index < -0.39 is 0 Å². The molecule has 2 aromatic heterocycles. The van der Waals surface area contributed by atoms with E-state index >= 15 is 0 Å². The number of nitrogens with zero attached hydrogens (tertiary/aromatic N) is 2. The maximum absolute atomic E-state index is 5.84. The van der Waals surface area contributed by atoms with Gasteiger partial charge < -0.3 is 5.32 Å². The molecule has 2 heterocycles. The number of nitrogens with one attached hydrogen (secondary N) is 1. The van der Waals surface area contributed by atoms with Gasteiger partial charge in [0.25, 0.3) is 0 Å². The Hall–Kier alpha value is -1.95. The van der Waals surface area contributed by atoms with Gasteiger partial charge in [0.15, 0.2) is 4.47 Å². The summed E-state index contributed by atoms with van der Waals surface area (Å²) in [7, 11) is 0. The van der Waals surface area contributed by atoms with Crippen molar-refractivity contribution in [2.24, 2.45) is 0 Å². The maximum Gasteiger partial charge on any atom is 0.183 e. The number of para-hydroxylation sites is 1. The van der Waals surface area contributed by atoms with E-state index in [1.165, 1.54) is 16.0 Å². The molecule has 2 aromatic carbocycles. The van der Waals surface area contributed by atoms with Gasteiger partial charge >= 0.3 is 0 Å². The van der Waals surface area contributed by atoms with Gasteiger partial charge in [0.05, 0.1) is 16.8 Å². The topological polar surface area (TPSA) is 37.8 Å². The van der Waals surface area contributed by atoms with Gasteiger partial charge in [-0.05, 0) is 36.4 Å². The third-order valence-corrected chi connectivity index (χ3v) is 5.62. The summed E-state index contributed by atoms with van der Waals surface area (Å²) in [6.07, 6.45) is 1.80. The molecule has 0 saturated carbocycles. The van der Waals surface area contributed by atoms with Crippen LogP contribution < -0.4 is 5.32 Å². The summed E-state index contributed by atoms with van der Waals surface area (Å²) in [5, 5.41) is 4.42. The predicted molar refractivity (Wildman–Crippen MR) is 99.5 cm³/mol. The molecule has 1 N–H and O–H groups in total. The van der Waals surface area contributed by atoms with Crippen molar-refractivity contribution in [1.82, 2.24) is 9.97 Å². The molecule has 0 atom stereocenters. The molecule has 0 fully saturated rings. The highest BCUT2D eigenvalue weighted by atomic mass is 35.5. The quantitative estimate of drug-likeness (QED) is 0.510. The molecule has 0 saturated heterocycles. The van der Waals surface area contributed by atoms with Crippen LogP contribution in [0.25, 0.3) is 20.8 Å². The Balaban J connectivity index is 1.51. The van der Waals surface area contributed by atoms with Crippen molar-refractivity contribution in [1.29, 1.82) is 0 Å². The molecule has 4 rings (SSSR count). The second-order valence-electron chi connectivity index (χ2n) is 5.00. The van der Waals surface area contributed by atoms with Gasteiger partial charge in [0.1, 0.15) is 5.01 Å². The predicted octanol–water partition coefficient (Wildman–Crippen LogP) is 5.69. The number of thiazole rings is 2. The van der Waals surface area contributed by atoms with Gasteiger partial charge in [0.2, 0.25) is 0 Å². The summed E-state index contributed by atoms with van der Waals surface area (Å²) < 4.78 is 1.79. The van der Waals surface area contributed by atoms with Crippen LogP contribution in [0, 0.1) is 0 Å². The first-order chi connectivity index (χ1) is 11.3. The molecule has 6 heteroatoms. The van der Waals surface area contributed by atoms with Crippen LogP contribution in [0.2, 0.25) is 4.47 Å². The number of fused-ring (bicyclic) bond motifs is 1. The minimum atomic E-state index is 0.577. The van der Waals surface area contributed by atoms with E-state index in [0.717, 1.165) is 33.2 Å². The van der Waals surface area contributed by atoms with Crippen LogP contribution in [-0.2, 0) is 6.54 Å². The van der Waals surface area contributed by atoms with Crippen LogP contribution in [0.5, 0.6) is 0 Å². The number of hydrogen-bond donors (Lipinski definition) is 1. The first kappa shape index (κ1) is 14.6. The second-order valence-corrected chi connectivity index (χ2v) is 7.73. The van der Waals surface area contributed by atoms with E-state index in [-0.39, 0.29) is 0 Å². The summed E-state index contributed by atoms with van der Waals surface area (Å²) in [4.78, 5) is 9.84. The van der Waals surface area contributed by atoms with Crippen molar-refractivity contribution in [3.8, 4) is 10.6 Å². The van der Waals surface area contributed by atoms with E-state index in [1.54, 1.807) is 17.5 Å². The van der Waals surface area contributed by atoms with Gasteiger partial charge in [-0.15, -0.1) is 22.7 Å². The summed E-state index contributed by atoms with van der Waals surface area (Å²) in [6.45, 7) is 0.727. The number of rotatable bonds is 4. The van der Waals surface area contributed by atoms with E-state index in [1.807, 2.05) is 18.2 Å². The summed E-state index contributed by atoms with van der Waals surface area (Å²) in [5.74, 6) is 0. The van der Waals surface area contributed by atoms with Gasteiger partial charge in [-0.25, -0.2) is 9.97 Å². The number of hydrogen-bond acceptors (Lipinski definition) is 5. The summed E-state index contributed by atoms with van der Waals surface area (Å²) >= 11 is 9.05. The van der Waals surface area contributed by atoms with Crippen LogP contribution in [0.3, 0.4) is 0 Å². The lowest BCUT2D eigenvalue weighted by atomic mass is 10.2. The monoisotopic (exact) mass is 357 g/mol. The molecule has 0 aliphatic rings. The first-order valence-corrected chi connectivity index (χ1v) is 9.09. The molecule has 0 bridgehead atoms. The summed E-state index contributed by atoms with van der Waals surface area (Å²) in [6, 6.07) is 16.6. The third kappa shape index (κ3) is 3.22. The van der Waals surface area contributed by atoms with Gasteiger partial charge in [-0.1, -0.05) is 23.7 Å². The van der Waals surface area contributed by atoms with E-state index in [2.05, 4.69) is 45.6 Å². The highest BCUT2D eigenvalue weighted by Gasteiger charge is 2.06. The fourth-order valence-electron chi connectivity index (χ4n) is 2.28. The molecule has 0 unspecified atom stereocenters. The van der Waals surface area contributed by atoms with Crippen molar-refractivity contribution in [3.63, 3.8) is 0 Å². The second kappa shape index (κ2) is 6.28. The minimum absolute atomic E-state index is 0.577. The largest absolute Gasteiger partial charge is 0.380 e. The van der Waals surface area contributed by atoms with Crippen molar-refractivity contribution >= 4 is 50.2 Å². The normalized spacial score (nSPS) is 11.0. The molecular formula is C17H12ClN3S2. The zero-order valence-corrected chi connectivity index (χ0v) is 14.4. The molecule has 0 amide bonds. The summed E-state index contributed by atoms with van der Waals surface area (Å²) in [5.41, 5.74) is 3.26. The van der Waals surface area contributed by atoms with E-state index in [4.69, 9.17) is 11.6 Å². The number of benzene rings is 2. The van der Waals surface area contributed by atoms with Crippen LogP contribution >= 0.6 is 34.3 Å². The van der Waals surface area contributed by atoms with Crippen LogP contribution in [0.15, 0.2) is 54.7 Å². The first-order valence-electron chi connectivity index (χ1n) is 7.08. The molecule has 4 aromatic rings. The smallest absolute Gasteiger partial charge is 0.183 e. The van der Waals surface area contributed by atoms with Crippen LogP contribution in [0.1, 0.15) is 4.88 Å². The minimum Gasteiger partial charge on any atom is -0.380 e. The average molecular weight is 358 g/mol. The maximum atomic E-state index is 5.84. The Labute approximate surface area is 146 Å². The molecule has 114 valence electrons. The lowest BCUT2D eigenvalue weighted by Crippen LogP contribution is -1.96. The molecule has 0 radical (unpaired) electrons. The molecule has 0 spiro atoms. The lowest BCUT2D eigenvalue weighted by molar-refractivity contribution is 1.17. The number of aromatic nitrogens is 2. The van der Waals surface area contributed by atoms with Crippen molar-refractivity contribution in [2.75, 3.05) is 5.32 Å². The molecule has 0 aliphatic carbocycles. The number of halogens is 1. The fourth-order valence-corrected chi connectivity index (χ4v) is 4.17. The highest BCUT2D eigenvalue weighted by molar-refractivity contribution is 7.21. The Morgan fingerprint density at radius 1 is 1.00 bits per heavy atom. The fraction of sp³-hybridized carbons (Fsp3) is 0.0588. The number of anilines is 1. The molecule has 0 aliphatic heterocycles. The van der Waals surface area contributed by atoms with Crippen LogP contribution in [0.4, 0.5) is 5.69 Å². The highest BCUT2D eigenvalue weighted by Crippen LogP contribution is 2.30. The Morgan fingerprint density at radius 3 is 2.57 bits per heavy atom. The zero-order valence-electron chi connectivity index (χ0n) is 12.0. The zero-order chi connectivity index (χ0) is 15.6. The third-order valence-electron chi connectivity index (χ3n) is 3.42. The Morgan fingerprint density at radius 2 is 1.83 bits per heavy atom. The Kier molecular flexibility index (Phi) is 3.99. The molecule has 3 nitrogen and oxygen atoms in total. The van der Waals surface area contributed by atoms with Gasteiger partial charge in [-0.2, -0.15) is 0 Å². The molecular weight excluding hydrogens is 346 g/mol. The SMILES string of the molecule is Clc1ncc(CNc2ccc(-c3nc4ccccc4s3)cc2)s1. The van der Waals surface area contributed by atoms with E-state index in [0.29, 0.717) is 4.47 Å². The van der Waals surface area contributed by atoms with Gasteiger partial charge in [0, 0.05) is 22.3 Å². The molecule has 23 heavy (non-hydrogen) atoms. The van der Waals surface area contributed by atoms with E-state index in [9.17, 15) is 0 Å². The van der Waals surface area contributed by atoms with Crippen molar-refractivity contribution in [2.45, 2.75) is 6.54 Å². The standard InChI is InChI=1S/C17H12ClN3S2/c18-17-20-10-13(22-17)9-19-12-7-5-11(6-8-12)16-21-14-3-1-2-4-15(14)23-16/h1-8,10,19H,9H2. The van der Waals surface area contributed by atoms with Crippen molar-refractivity contribution in [3.05, 3.63) is 64.1 Å². The Bertz CT molecular complexity index is 911.